The number of hydrogen-bond acceptors (Lipinski definition) is 3. The molecule has 1 aliphatic heterocycles. The van der Waals surface area contributed by atoms with E-state index in [0.29, 0.717) is 31.3 Å². The molecule has 3 heteroatoms. The summed E-state index contributed by atoms with van der Waals surface area (Å²) in [5.41, 5.74) is 1.17. The Morgan fingerprint density at radius 3 is 2.81 bits per heavy atom. The van der Waals surface area contributed by atoms with Gasteiger partial charge in [0.2, 0.25) is 6.79 Å². The van der Waals surface area contributed by atoms with Crippen molar-refractivity contribution in [3.63, 3.8) is 0 Å². The van der Waals surface area contributed by atoms with Crippen molar-refractivity contribution in [2.45, 2.75) is 52.7 Å². The summed E-state index contributed by atoms with van der Waals surface area (Å²) in [5.74, 6) is 3.84. The lowest BCUT2D eigenvalue weighted by atomic mass is 9.75. The van der Waals surface area contributed by atoms with Gasteiger partial charge in [0.1, 0.15) is 0 Å². The summed E-state index contributed by atoms with van der Waals surface area (Å²) in [7, 11) is 0. The minimum absolute atomic E-state index is 0.329. The predicted molar refractivity (Wildman–Crippen MR) is 82.5 cm³/mol. The van der Waals surface area contributed by atoms with Gasteiger partial charge >= 0.3 is 0 Å². The van der Waals surface area contributed by atoms with Crippen LogP contribution in [0.3, 0.4) is 0 Å². The Hall–Kier alpha value is -1.22. The first kappa shape index (κ1) is 14.7. The summed E-state index contributed by atoms with van der Waals surface area (Å²) in [5, 5.41) is 0. The molecule has 0 saturated heterocycles. The Morgan fingerprint density at radius 2 is 2.00 bits per heavy atom. The fourth-order valence-corrected chi connectivity index (χ4v) is 3.54. The van der Waals surface area contributed by atoms with Gasteiger partial charge in [-0.3, -0.25) is 0 Å². The molecule has 21 heavy (non-hydrogen) atoms. The second-order valence-corrected chi connectivity index (χ2v) is 6.86. The molecule has 116 valence electrons. The summed E-state index contributed by atoms with van der Waals surface area (Å²) in [4.78, 5) is 0. The largest absolute Gasteiger partial charge is 0.454 e. The van der Waals surface area contributed by atoms with Crippen LogP contribution < -0.4 is 9.47 Å². The molecule has 3 nitrogen and oxygen atoms in total. The molecule has 1 aromatic carbocycles. The van der Waals surface area contributed by atoms with E-state index in [2.05, 4.69) is 26.8 Å². The van der Waals surface area contributed by atoms with Crippen LogP contribution in [-0.2, 0) is 11.3 Å². The normalized spacial score (nSPS) is 28.1. The second-order valence-electron chi connectivity index (χ2n) is 6.86. The van der Waals surface area contributed by atoms with E-state index in [1.165, 1.54) is 24.8 Å². The van der Waals surface area contributed by atoms with Crippen LogP contribution in [0, 0.1) is 17.8 Å². The maximum atomic E-state index is 6.28. The van der Waals surface area contributed by atoms with Gasteiger partial charge in [0.15, 0.2) is 11.5 Å². The van der Waals surface area contributed by atoms with E-state index < -0.39 is 0 Å². The van der Waals surface area contributed by atoms with Crippen molar-refractivity contribution < 1.29 is 14.2 Å². The molecule has 0 bridgehead atoms. The van der Waals surface area contributed by atoms with E-state index in [1.54, 1.807) is 0 Å². The Balaban J connectivity index is 1.62. The Morgan fingerprint density at radius 1 is 1.19 bits per heavy atom. The number of hydrogen-bond donors (Lipinski definition) is 0. The zero-order valence-electron chi connectivity index (χ0n) is 13.3. The summed E-state index contributed by atoms with van der Waals surface area (Å²) in [6.45, 7) is 7.97. The zero-order chi connectivity index (χ0) is 14.8. The molecule has 0 N–H and O–H groups in total. The second kappa shape index (κ2) is 6.27. The van der Waals surface area contributed by atoms with E-state index in [-0.39, 0.29) is 0 Å². The lowest BCUT2D eigenvalue weighted by molar-refractivity contribution is -0.0473. The molecule has 3 atom stereocenters. The molecule has 0 radical (unpaired) electrons. The summed E-state index contributed by atoms with van der Waals surface area (Å²) in [6.07, 6.45) is 4.21. The van der Waals surface area contributed by atoms with Gasteiger partial charge in [0.25, 0.3) is 0 Å². The fourth-order valence-electron chi connectivity index (χ4n) is 3.54. The molecule has 2 aliphatic rings. The molecule has 1 saturated carbocycles. The predicted octanol–water partition coefficient (Wildman–Crippen LogP) is 4.39. The van der Waals surface area contributed by atoms with Crippen LogP contribution in [0.25, 0.3) is 0 Å². The van der Waals surface area contributed by atoms with Crippen molar-refractivity contribution in [2.75, 3.05) is 6.79 Å². The summed E-state index contributed by atoms with van der Waals surface area (Å²) in [6, 6.07) is 6.09. The molecule has 1 fully saturated rings. The molecule has 0 aromatic heterocycles. The molecule has 1 heterocycles. The SMILES string of the molecule is CC(C)[C@@H]1CC[C@@H](C)C[C@H]1OCc1ccc2c(c1)OCO2. The van der Waals surface area contributed by atoms with Gasteiger partial charge in [0.05, 0.1) is 12.7 Å². The average molecular weight is 290 g/mol. The van der Waals surface area contributed by atoms with Crippen molar-refractivity contribution in [1.29, 1.82) is 0 Å². The number of rotatable bonds is 4. The van der Waals surface area contributed by atoms with Crippen LogP contribution in [0.2, 0.25) is 0 Å². The first-order chi connectivity index (χ1) is 10.1. The number of fused-ring (bicyclic) bond motifs is 1. The third-order valence-corrected chi connectivity index (χ3v) is 4.86. The van der Waals surface area contributed by atoms with E-state index in [9.17, 15) is 0 Å². The lowest BCUT2D eigenvalue weighted by Gasteiger charge is -2.37. The Bertz CT molecular complexity index is 483. The minimum atomic E-state index is 0.329. The van der Waals surface area contributed by atoms with Gasteiger partial charge < -0.3 is 14.2 Å². The fraction of sp³-hybridized carbons (Fsp3) is 0.667. The first-order valence-electron chi connectivity index (χ1n) is 8.13. The van der Waals surface area contributed by atoms with E-state index >= 15 is 0 Å². The van der Waals surface area contributed by atoms with Crippen LogP contribution >= 0.6 is 0 Å². The summed E-state index contributed by atoms with van der Waals surface area (Å²) >= 11 is 0. The van der Waals surface area contributed by atoms with Crippen molar-refractivity contribution in [1.82, 2.24) is 0 Å². The number of benzene rings is 1. The maximum Gasteiger partial charge on any atom is 0.231 e. The smallest absolute Gasteiger partial charge is 0.231 e. The van der Waals surface area contributed by atoms with Gasteiger partial charge in [0, 0.05) is 0 Å². The van der Waals surface area contributed by atoms with Gasteiger partial charge in [-0.15, -0.1) is 0 Å². The third kappa shape index (κ3) is 3.34. The highest BCUT2D eigenvalue weighted by molar-refractivity contribution is 5.44. The Labute approximate surface area is 127 Å². The van der Waals surface area contributed by atoms with Crippen molar-refractivity contribution in [2.24, 2.45) is 17.8 Å². The van der Waals surface area contributed by atoms with Gasteiger partial charge in [-0.2, -0.15) is 0 Å². The standard InChI is InChI=1S/C18H26O3/c1-12(2)15-6-4-13(3)8-17(15)19-10-14-5-7-16-18(9-14)21-11-20-16/h5,7,9,12-13,15,17H,4,6,8,10-11H2,1-3H3/t13-,15+,17-/m1/s1. The molecule has 1 aliphatic carbocycles. The van der Waals surface area contributed by atoms with Crippen LogP contribution in [0.5, 0.6) is 11.5 Å². The Kier molecular flexibility index (Phi) is 4.39. The minimum Gasteiger partial charge on any atom is -0.454 e. The summed E-state index contributed by atoms with van der Waals surface area (Å²) < 4.78 is 17.1. The zero-order valence-corrected chi connectivity index (χ0v) is 13.3. The average Bonchev–Trinajstić information content (AvgIpc) is 2.92. The van der Waals surface area contributed by atoms with Crippen molar-refractivity contribution in [3.05, 3.63) is 23.8 Å². The van der Waals surface area contributed by atoms with Crippen LogP contribution in [0.1, 0.15) is 45.6 Å². The molecular formula is C18H26O3. The number of ether oxygens (including phenoxy) is 3. The van der Waals surface area contributed by atoms with Gasteiger partial charge in [-0.05, 0) is 48.3 Å². The highest BCUT2D eigenvalue weighted by Gasteiger charge is 2.31. The van der Waals surface area contributed by atoms with E-state index in [4.69, 9.17) is 14.2 Å². The van der Waals surface area contributed by atoms with Crippen LogP contribution in [0.4, 0.5) is 0 Å². The van der Waals surface area contributed by atoms with E-state index in [1.807, 2.05) is 12.1 Å². The van der Waals surface area contributed by atoms with E-state index in [0.717, 1.165) is 17.4 Å². The maximum absolute atomic E-state index is 6.28. The van der Waals surface area contributed by atoms with Crippen molar-refractivity contribution >= 4 is 0 Å². The van der Waals surface area contributed by atoms with Crippen molar-refractivity contribution in [3.8, 4) is 11.5 Å². The first-order valence-corrected chi connectivity index (χ1v) is 8.13. The van der Waals surface area contributed by atoms with Crippen LogP contribution in [0.15, 0.2) is 18.2 Å². The van der Waals surface area contributed by atoms with Gasteiger partial charge in [-0.1, -0.05) is 33.3 Å². The molecular weight excluding hydrogens is 264 g/mol. The molecule has 1 aromatic rings. The highest BCUT2D eigenvalue weighted by Crippen LogP contribution is 2.36. The molecule has 3 rings (SSSR count). The monoisotopic (exact) mass is 290 g/mol. The molecule has 0 spiro atoms. The highest BCUT2D eigenvalue weighted by atomic mass is 16.7. The van der Waals surface area contributed by atoms with Crippen LogP contribution in [-0.4, -0.2) is 12.9 Å². The molecule has 0 amide bonds. The third-order valence-electron chi connectivity index (χ3n) is 4.86. The lowest BCUT2D eigenvalue weighted by Crippen LogP contribution is -2.34. The topological polar surface area (TPSA) is 27.7 Å². The van der Waals surface area contributed by atoms with Gasteiger partial charge in [-0.25, -0.2) is 0 Å². The quantitative estimate of drug-likeness (QED) is 0.823. The molecule has 0 unspecified atom stereocenters.